The number of nitrogen functional groups attached to an aromatic ring is 1. The van der Waals surface area contributed by atoms with Gasteiger partial charge in [-0.3, -0.25) is 4.72 Å². The first-order valence-corrected chi connectivity index (χ1v) is 6.97. The summed E-state index contributed by atoms with van der Waals surface area (Å²) >= 11 is 3.10. The minimum Gasteiger partial charge on any atom is -0.384 e. The highest BCUT2D eigenvalue weighted by molar-refractivity contribution is 9.10. The molecule has 0 saturated carbocycles. The second-order valence-electron chi connectivity index (χ2n) is 3.25. The van der Waals surface area contributed by atoms with Gasteiger partial charge in [0.05, 0.1) is 12.4 Å². The Labute approximate surface area is 112 Å². The lowest BCUT2D eigenvalue weighted by atomic mass is 10.5. The van der Waals surface area contributed by atoms with Gasteiger partial charge in [-0.05, 0) is 28.1 Å². The van der Waals surface area contributed by atoms with Crippen LogP contribution in [0, 0.1) is 0 Å². The quantitative estimate of drug-likeness (QED) is 0.869. The zero-order chi connectivity index (χ0) is 13.2. The van der Waals surface area contributed by atoms with E-state index in [9.17, 15) is 8.42 Å². The molecule has 0 fully saturated rings. The Hall–Kier alpha value is -1.74. The molecule has 18 heavy (non-hydrogen) atoms. The lowest BCUT2D eigenvalue weighted by Gasteiger charge is -2.06. The van der Waals surface area contributed by atoms with Crippen molar-refractivity contribution in [3.63, 3.8) is 0 Å². The van der Waals surface area contributed by atoms with E-state index in [1.54, 1.807) is 0 Å². The predicted octanol–water partition coefficient (Wildman–Crippen LogP) is 1.02. The highest BCUT2D eigenvalue weighted by atomic mass is 79.9. The Morgan fingerprint density at radius 1 is 1.11 bits per heavy atom. The molecular formula is C9H8BrN5O2S. The molecule has 3 N–H and O–H groups in total. The van der Waals surface area contributed by atoms with Crippen LogP contribution in [0.25, 0.3) is 0 Å². The third kappa shape index (κ3) is 2.93. The molecule has 0 amide bonds. The standard InChI is InChI=1S/C9H8BrN5O2S/c10-7-4-14-9(5-12-7)15-18(16,17)6-1-2-8(11)13-3-6/h1-5H,(H2,11,13)(H,14,15). The normalized spacial score (nSPS) is 11.2. The molecule has 0 bridgehead atoms. The molecule has 9 heteroatoms. The summed E-state index contributed by atoms with van der Waals surface area (Å²) in [6.45, 7) is 0. The maximum Gasteiger partial charge on any atom is 0.264 e. The van der Waals surface area contributed by atoms with Crippen molar-refractivity contribution in [1.29, 1.82) is 0 Å². The van der Waals surface area contributed by atoms with Gasteiger partial charge in [0.1, 0.15) is 15.3 Å². The number of nitrogens with zero attached hydrogens (tertiary/aromatic N) is 3. The van der Waals surface area contributed by atoms with Crippen molar-refractivity contribution in [2.24, 2.45) is 0 Å². The Balaban J connectivity index is 2.27. The number of halogens is 1. The van der Waals surface area contributed by atoms with Crippen molar-refractivity contribution in [1.82, 2.24) is 15.0 Å². The zero-order valence-corrected chi connectivity index (χ0v) is 11.3. The van der Waals surface area contributed by atoms with Crippen molar-refractivity contribution in [2.75, 3.05) is 10.5 Å². The fraction of sp³-hybridized carbons (Fsp3) is 0. The van der Waals surface area contributed by atoms with E-state index in [0.29, 0.717) is 4.60 Å². The first kappa shape index (κ1) is 12.7. The summed E-state index contributed by atoms with van der Waals surface area (Å²) < 4.78 is 26.6. The van der Waals surface area contributed by atoms with Crippen LogP contribution in [-0.4, -0.2) is 23.4 Å². The molecule has 0 aromatic carbocycles. The monoisotopic (exact) mass is 329 g/mol. The zero-order valence-electron chi connectivity index (χ0n) is 8.91. The highest BCUT2D eigenvalue weighted by Gasteiger charge is 2.15. The van der Waals surface area contributed by atoms with Crippen LogP contribution in [0.3, 0.4) is 0 Å². The molecule has 0 unspecified atom stereocenters. The number of hydrogen-bond acceptors (Lipinski definition) is 6. The van der Waals surface area contributed by atoms with Gasteiger partial charge in [-0.2, -0.15) is 0 Å². The van der Waals surface area contributed by atoms with E-state index in [1.165, 1.54) is 30.7 Å². The highest BCUT2D eigenvalue weighted by Crippen LogP contribution is 2.14. The van der Waals surface area contributed by atoms with Crippen LogP contribution in [0.15, 0.2) is 40.2 Å². The molecule has 7 nitrogen and oxygen atoms in total. The third-order valence-electron chi connectivity index (χ3n) is 1.93. The third-order valence-corrected chi connectivity index (χ3v) is 3.68. The fourth-order valence-corrected chi connectivity index (χ4v) is 2.25. The van der Waals surface area contributed by atoms with Crippen LogP contribution in [-0.2, 0) is 10.0 Å². The van der Waals surface area contributed by atoms with Gasteiger partial charge in [0.15, 0.2) is 5.82 Å². The lowest BCUT2D eigenvalue weighted by Crippen LogP contribution is -2.14. The van der Waals surface area contributed by atoms with Crippen molar-refractivity contribution >= 4 is 37.6 Å². The van der Waals surface area contributed by atoms with Crippen molar-refractivity contribution in [3.05, 3.63) is 35.3 Å². The molecule has 0 spiro atoms. The van der Waals surface area contributed by atoms with Crippen molar-refractivity contribution < 1.29 is 8.42 Å². The van der Waals surface area contributed by atoms with E-state index < -0.39 is 10.0 Å². The van der Waals surface area contributed by atoms with Gasteiger partial charge >= 0.3 is 0 Å². The second kappa shape index (κ2) is 4.86. The molecule has 0 aliphatic carbocycles. The van der Waals surface area contributed by atoms with Crippen LogP contribution in [0.5, 0.6) is 0 Å². The van der Waals surface area contributed by atoms with Crippen LogP contribution in [0.4, 0.5) is 11.6 Å². The molecule has 0 radical (unpaired) electrons. The molecule has 2 aromatic rings. The minimum absolute atomic E-state index is 0.00131. The van der Waals surface area contributed by atoms with E-state index in [4.69, 9.17) is 5.73 Å². The molecule has 2 aromatic heterocycles. The number of hydrogen-bond donors (Lipinski definition) is 2. The van der Waals surface area contributed by atoms with Gasteiger partial charge in [-0.25, -0.2) is 23.4 Å². The summed E-state index contributed by atoms with van der Waals surface area (Å²) in [5.41, 5.74) is 5.39. The second-order valence-corrected chi connectivity index (χ2v) is 5.74. The molecule has 94 valence electrons. The number of sulfonamides is 1. The van der Waals surface area contributed by atoms with Crippen LogP contribution < -0.4 is 10.5 Å². The van der Waals surface area contributed by atoms with Gasteiger partial charge in [0, 0.05) is 6.20 Å². The summed E-state index contributed by atoms with van der Waals surface area (Å²) in [6, 6.07) is 2.76. The number of anilines is 2. The van der Waals surface area contributed by atoms with Crippen LogP contribution in [0.1, 0.15) is 0 Å². The van der Waals surface area contributed by atoms with E-state index in [2.05, 4.69) is 35.6 Å². The number of aromatic nitrogens is 3. The predicted molar refractivity (Wildman–Crippen MR) is 69.2 cm³/mol. The Morgan fingerprint density at radius 2 is 1.89 bits per heavy atom. The van der Waals surface area contributed by atoms with Gasteiger partial charge < -0.3 is 5.73 Å². The first-order chi connectivity index (χ1) is 8.47. The fourth-order valence-electron chi connectivity index (χ4n) is 1.11. The maximum atomic E-state index is 11.9. The van der Waals surface area contributed by atoms with Crippen molar-refractivity contribution in [2.45, 2.75) is 4.90 Å². The van der Waals surface area contributed by atoms with E-state index in [-0.39, 0.29) is 16.5 Å². The van der Waals surface area contributed by atoms with E-state index >= 15 is 0 Å². The Bertz CT molecular complexity index is 642. The summed E-state index contributed by atoms with van der Waals surface area (Å²) in [5.74, 6) is 0.368. The maximum absolute atomic E-state index is 11.9. The van der Waals surface area contributed by atoms with Gasteiger partial charge in [-0.1, -0.05) is 0 Å². The molecule has 2 heterocycles. The van der Waals surface area contributed by atoms with Gasteiger partial charge in [0.25, 0.3) is 10.0 Å². The molecule has 2 rings (SSSR count). The number of pyridine rings is 1. The summed E-state index contributed by atoms with van der Waals surface area (Å²) in [7, 11) is -3.73. The average molecular weight is 330 g/mol. The van der Waals surface area contributed by atoms with E-state index in [0.717, 1.165) is 0 Å². The number of nitrogens with one attached hydrogen (secondary N) is 1. The largest absolute Gasteiger partial charge is 0.384 e. The molecule has 0 atom stereocenters. The number of rotatable bonds is 3. The average Bonchev–Trinajstić information content (AvgIpc) is 2.32. The van der Waals surface area contributed by atoms with Crippen LogP contribution >= 0.6 is 15.9 Å². The van der Waals surface area contributed by atoms with E-state index in [1.807, 2.05) is 0 Å². The lowest BCUT2D eigenvalue weighted by molar-refractivity contribution is 0.600. The SMILES string of the molecule is Nc1ccc(S(=O)(=O)Nc2cnc(Br)cn2)cn1. The minimum atomic E-state index is -3.73. The molecule has 0 aliphatic heterocycles. The van der Waals surface area contributed by atoms with Gasteiger partial charge in [0.2, 0.25) is 0 Å². The summed E-state index contributed by atoms with van der Waals surface area (Å²) in [6.07, 6.45) is 3.86. The van der Waals surface area contributed by atoms with Crippen LogP contribution in [0.2, 0.25) is 0 Å². The Kier molecular flexibility index (Phi) is 3.43. The van der Waals surface area contributed by atoms with Crippen molar-refractivity contribution in [3.8, 4) is 0 Å². The number of nitrogens with two attached hydrogens (primary N) is 1. The molecule has 0 aliphatic rings. The first-order valence-electron chi connectivity index (χ1n) is 4.69. The van der Waals surface area contributed by atoms with Gasteiger partial charge in [-0.15, -0.1) is 0 Å². The smallest absolute Gasteiger partial charge is 0.264 e. The summed E-state index contributed by atoms with van der Waals surface area (Å²) in [5, 5.41) is 0. The molecule has 0 saturated heterocycles. The topological polar surface area (TPSA) is 111 Å². The Morgan fingerprint density at radius 3 is 2.44 bits per heavy atom. The molecular weight excluding hydrogens is 322 g/mol. The summed E-state index contributed by atoms with van der Waals surface area (Å²) in [4.78, 5) is 11.4.